The van der Waals surface area contributed by atoms with E-state index in [-0.39, 0.29) is 5.97 Å². The van der Waals surface area contributed by atoms with Crippen LogP contribution in [0.4, 0.5) is 0 Å². The van der Waals surface area contributed by atoms with Crippen molar-refractivity contribution in [1.29, 1.82) is 0 Å². The first kappa shape index (κ1) is 14.1. The number of carbonyl (C=O) groups is 1. The molecule has 0 aliphatic carbocycles. The van der Waals surface area contributed by atoms with Crippen molar-refractivity contribution in [2.24, 2.45) is 0 Å². The number of esters is 1. The SMILES string of the molecule is CCOC(=O)C(Oc1ccc(C)cc1)c1ccccc1. The summed E-state index contributed by atoms with van der Waals surface area (Å²) in [5.74, 6) is 0.275. The highest BCUT2D eigenvalue weighted by atomic mass is 16.6. The van der Waals surface area contributed by atoms with Gasteiger partial charge in [0, 0.05) is 5.56 Å². The molecule has 0 heterocycles. The number of ether oxygens (including phenoxy) is 2. The van der Waals surface area contributed by atoms with Gasteiger partial charge in [0.15, 0.2) is 0 Å². The Kier molecular flexibility index (Phi) is 4.77. The van der Waals surface area contributed by atoms with Crippen molar-refractivity contribution in [2.75, 3.05) is 6.61 Å². The molecule has 0 bridgehead atoms. The van der Waals surface area contributed by atoms with E-state index >= 15 is 0 Å². The summed E-state index contributed by atoms with van der Waals surface area (Å²) >= 11 is 0. The molecule has 2 aromatic carbocycles. The summed E-state index contributed by atoms with van der Waals surface area (Å²) in [6, 6.07) is 17.0. The lowest BCUT2D eigenvalue weighted by Crippen LogP contribution is -2.21. The zero-order valence-corrected chi connectivity index (χ0v) is 11.7. The Morgan fingerprint density at radius 3 is 2.30 bits per heavy atom. The summed E-state index contributed by atoms with van der Waals surface area (Å²) in [4.78, 5) is 12.1. The van der Waals surface area contributed by atoms with Gasteiger partial charge < -0.3 is 9.47 Å². The minimum atomic E-state index is -0.737. The third-order valence-electron chi connectivity index (χ3n) is 2.88. The molecule has 0 aliphatic heterocycles. The third kappa shape index (κ3) is 3.60. The maximum Gasteiger partial charge on any atom is 0.352 e. The Bertz CT molecular complexity index is 546. The van der Waals surface area contributed by atoms with Gasteiger partial charge >= 0.3 is 5.97 Å². The van der Waals surface area contributed by atoms with E-state index in [1.54, 1.807) is 6.92 Å². The van der Waals surface area contributed by atoms with E-state index in [4.69, 9.17) is 9.47 Å². The molecule has 2 aromatic rings. The average molecular weight is 270 g/mol. The molecule has 104 valence electrons. The monoisotopic (exact) mass is 270 g/mol. The standard InChI is InChI=1S/C17H18O3/c1-3-19-17(18)16(14-7-5-4-6-8-14)20-15-11-9-13(2)10-12-15/h4-12,16H,3H2,1-2H3. The van der Waals surface area contributed by atoms with Crippen LogP contribution >= 0.6 is 0 Å². The quantitative estimate of drug-likeness (QED) is 0.777. The number of benzene rings is 2. The Morgan fingerprint density at radius 1 is 1.05 bits per heavy atom. The van der Waals surface area contributed by atoms with E-state index in [0.29, 0.717) is 12.4 Å². The molecule has 0 saturated heterocycles. The summed E-state index contributed by atoms with van der Waals surface area (Å²) in [5.41, 5.74) is 1.93. The van der Waals surface area contributed by atoms with Crippen LogP contribution in [-0.2, 0) is 9.53 Å². The molecule has 1 unspecified atom stereocenters. The number of hydrogen-bond donors (Lipinski definition) is 0. The van der Waals surface area contributed by atoms with Gasteiger partial charge in [-0.1, -0.05) is 48.0 Å². The summed E-state index contributed by atoms with van der Waals surface area (Å²) < 4.78 is 10.9. The molecule has 3 heteroatoms. The number of hydrogen-bond acceptors (Lipinski definition) is 3. The van der Waals surface area contributed by atoms with Gasteiger partial charge in [-0.3, -0.25) is 0 Å². The van der Waals surface area contributed by atoms with E-state index < -0.39 is 6.10 Å². The Labute approximate surface area is 119 Å². The molecular weight excluding hydrogens is 252 g/mol. The highest BCUT2D eigenvalue weighted by molar-refractivity contribution is 5.77. The molecule has 0 fully saturated rings. The molecule has 0 saturated carbocycles. The van der Waals surface area contributed by atoms with Gasteiger partial charge in [0.05, 0.1) is 6.61 Å². The van der Waals surface area contributed by atoms with E-state index in [1.165, 1.54) is 0 Å². The van der Waals surface area contributed by atoms with Crippen LogP contribution in [0.2, 0.25) is 0 Å². The second-order valence-corrected chi connectivity index (χ2v) is 4.47. The normalized spacial score (nSPS) is 11.7. The maximum absolute atomic E-state index is 12.1. The zero-order chi connectivity index (χ0) is 14.4. The molecule has 0 radical (unpaired) electrons. The zero-order valence-electron chi connectivity index (χ0n) is 11.7. The van der Waals surface area contributed by atoms with Gasteiger partial charge in [-0.15, -0.1) is 0 Å². The molecule has 0 N–H and O–H groups in total. The Balaban J connectivity index is 2.23. The minimum absolute atomic E-state index is 0.333. The lowest BCUT2D eigenvalue weighted by Gasteiger charge is -2.18. The molecule has 1 atom stereocenters. The predicted molar refractivity (Wildman–Crippen MR) is 77.6 cm³/mol. The molecule has 2 rings (SSSR count). The van der Waals surface area contributed by atoms with Crippen molar-refractivity contribution < 1.29 is 14.3 Å². The van der Waals surface area contributed by atoms with Gasteiger partial charge in [0.2, 0.25) is 6.10 Å². The smallest absolute Gasteiger partial charge is 0.352 e. The van der Waals surface area contributed by atoms with Gasteiger partial charge in [-0.05, 0) is 26.0 Å². The van der Waals surface area contributed by atoms with Crippen LogP contribution in [0.25, 0.3) is 0 Å². The number of carbonyl (C=O) groups excluding carboxylic acids is 1. The van der Waals surface area contributed by atoms with Crippen molar-refractivity contribution >= 4 is 5.97 Å². The van der Waals surface area contributed by atoms with Crippen LogP contribution in [0.1, 0.15) is 24.2 Å². The molecule has 20 heavy (non-hydrogen) atoms. The fourth-order valence-electron chi connectivity index (χ4n) is 1.85. The van der Waals surface area contributed by atoms with Crippen molar-refractivity contribution in [3.05, 3.63) is 65.7 Å². The molecule has 3 nitrogen and oxygen atoms in total. The van der Waals surface area contributed by atoms with E-state index in [1.807, 2.05) is 61.5 Å². The van der Waals surface area contributed by atoms with Crippen molar-refractivity contribution in [3.8, 4) is 5.75 Å². The summed E-state index contributed by atoms with van der Waals surface area (Å²) in [7, 11) is 0. The molecular formula is C17H18O3. The van der Waals surface area contributed by atoms with Crippen LogP contribution in [-0.4, -0.2) is 12.6 Å². The van der Waals surface area contributed by atoms with Gasteiger partial charge in [0.25, 0.3) is 0 Å². The first-order chi connectivity index (χ1) is 9.70. The van der Waals surface area contributed by atoms with Crippen molar-refractivity contribution in [1.82, 2.24) is 0 Å². The van der Waals surface area contributed by atoms with E-state index in [2.05, 4.69) is 0 Å². The fourth-order valence-corrected chi connectivity index (χ4v) is 1.85. The summed E-state index contributed by atoms with van der Waals surface area (Å²) in [6.45, 7) is 4.12. The molecule has 0 spiro atoms. The highest BCUT2D eigenvalue weighted by Gasteiger charge is 2.23. The van der Waals surface area contributed by atoms with Gasteiger partial charge in [-0.2, -0.15) is 0 Å². The van der Waals surface area contributed by atoms with Crippen LogP contribution in [0.15, 0.2) is 54.6 Å². The highest BCUT2D eigenvalue weighted by Crippen LogP contribution is 2.23. The van der Waals surface area contributed by atoms with E-state index in [9.17, 15) is 4.79 Å². The summed E-state index contributed by atoms with van der Waals surface area (Å²) in [6.07, 6.45) is -0.737. The average Bonchev–Trinajstić information content (AvgIpc) is 2.48. The lowest BCUT2D eigenvalue weighted by atomic mass is 10.1. The van der Waals surface area contributed by atoms with Crippen molar-refractivity contribution in [3.63, 3.8) is 0 Å². The summed E-state index contributed by atoms with van der Waals surface area (Å²) in [5, 5.41) is 0. The van der Waals surface area contributed by atoms with Crippen LogP contribution in [0, 0.1) is 6.92 Å². The van der Waals surface area contributed by atoms with E-state index in [0.717, 1.165) is 11.1 Å². The topological polar surface area (TPSA) is 35.5 Å². The van der Waals surface area contributed by atoms with Gasteiger partial charge in [-0.25, -0.2) is 4.79 Å². The third-order valence-corrected chi connectivity index (χ3v) is 2.88. The molecule has 0 amide bonds. The second-order valence-electron chi connectivity index (χ2n) is 4.47. The molecule has 0 aliphatic rings. The maximum atomic E-state index is 12.1. The first-order valence-corrected chi connectivity index (χ1v) is 6.65. The van der Waals surface area contributed by atoms with Crippen LogP contribution in [0.3, 0.4) is 0 Å². The second kappa shape index (κ2) is 6.75. The van der Waals surface area contributed by atoms with Crippen LogP contribution < -0.4 is 4.74 Å². The predicted octanol–water partition coefficient (Wildman–Crippen LogP) is 3.68. The Morgan fingerprint density at radius 2 is 1.70 bits per heavy atom. The first-order valence-electron chi connectivity index (χ1n) is 6.65. The molecule has 0 aromatic heterocycles. The lowest BCUT2D eigenvalue weighted by molar-refractivity contribution is -0.151. The largest absolute Gasteiger partial charge is 0.474 e. The number of rotatable bonds is 5. The fraction of sp³-hybridized carbons (Fsp3) is 0.235. The van der Waals surface area contributed by atoms with Crippen LogP contribution in [0.5, 0.6) is 5.75 Å². The Hall–Kier alpha value is -2.29. The van der Waals surface area contributed by atoms with Gasteiger partial charge in [0.1, 0.15) is 5.75 Å². The number of aryl methyl sites for hydroxylation is 1. The van der Waals surface area contributed by atoms with Crippen molar-refractivity contribution in [2.45, 2.75) is 20.0 Å². The minimum Gasteiger partial charge on any atom is -0.474 e.